The normalized spacial score (nSPS) is 18.8. The molecule has 1 aromatic carbocycles. The number of carbonyl (C=O) groups is 1. The number of amides is 1. The minimum atomic E-state index is -0.572. The fourth-order valence-electron chi connectivity index (χ4n) is 2.73. The average molecular weight is 308 g/mol. The van der Waals surface area contributed by atoms with Crippen molar-refractivity contribution in [1.29, 1.82) is 0 Å². The van der Waals surface area contributed by atoms with Gasteiger partial charge in [0.2, 0.25) is 0 Å². The molecule has 0 spiro atoms. The van der Waals surface area contributed by atoms with Crippen LogP contribution < -0.4 is 0 Å². The van der Waals surface area contributed by atoms with Crippen LogP contribution in [0.3, 0.4) is 0 Å². The molecule has 21 heavy (non-hydrogen) atoms. The number of halogens is 2. The van der Waals surface area contributed by atoms with Gasteiger partial charge in [-0.3, -0.25) is 4.79 Å². The zero-order valence-electron chi connectivity index (χ0n) is 11.4. The van der Waals surface area contributed by atoms with E-state index in [2.05, 4.69) is 4.98 Å². The summed E-state index contributed by atoms with van der Waals surface area (Å²) in [5.74, 6) is -0.917. The smallest absolute Gasteiger partial charge is 0.258 e. The second kappa shape index (κ2) is 5.85. The predicted octanol–water partition coefficient (Wildman–Crippen LogP) is 3.15. The van der Waals surface area contributed by atoms with E-state index in [4.69, 9.17) is 11.6 Å². The van der Waals surface area contributed by atoms with Gasteiger partial charge in [-0.15, -0.1) is 0 Å². The highest BCUT2D eigenvalue weighted by atomic mass is 35.5. The van der Waals surface area contributed by atoms with E-state index >= 15 is 0 Å². The van der Waals surface area contributed by atoms with Crippen LogP contribution in [0.2, 0.25) is 5.02 Å². The number of hydrogen-bond acceptors (Lipinski definition) is 2. The van der Waals surface area contributed by atoms with Gasteiger partial charge in [-0.1, -0.05) is 17.7 Å². The van der Waals surface area contributed by atoms with E-state index in [1.165, 1.54) is 18.2 Å². The molecule has 1 aliphatic rings. The van der Waals surface area contributed by atoms with Crippen LogP contribution in [-0.2, 0) is 0 Å². The molecule has 3 rings (SSSR count). The third-order valence-corrected chi connectivity index (χ3v) is 4.12. The minimum absolute atomic E-state index is 0.0366. The summed E-state index contributed by atoms with van der Waals surface area (Å²) in [6, 6.07) is 4.47. The molecule has 4 nitrogen and oxygen atoms in total. The van der Waals surface area contributed by atoms with Crippen molar-refractivity contribution >= 4 is 17.5 Å². The molecule has 6 heteroatoms. The lowest BCUT2D eigenvalue weighted by molar-refractivity contribution is 0.0675. The minimum Gasteiger partial charge on any atom is -0.336 e. The van der Waals surface area contributed by atoms with Crippen LogP contribution in [0, 0.1) is 5.82 Å². The molecule has 1 amide bonds. The van der Waals surface area contributed by atoms with Gasteiger partial charge in [-0.25, -0.2) is 9.37 Å². The topological polar surface area (TPSA) is 38.1 Å². The Morgan fingerprint density at radius 1 is 1.43 bits per heavy atom. The molecule has 1 aliphatic heterocycles. The number of likely N-dealkylation sites (tertiary alicyclic amines) is 1. The zero-order valence-corrected chi connectivity index (χ0v) is 12.1. The quantitative estimate of drug-likeness (QED) is 0.855. The Morgan fingerprint density at radius 2 is 2.29 bits per heavy atom. The second-order valence-corrected chi connectivity index (χ2v) is 5.56. The van der Waals surface area contributed by atoms with Crippen LogP contribution >= 0.6 is 11.6 Å². The van der Waals surface area contributed by atoms with Crippen LogP contribution in [0.15, 0.2) is 36.9 Å². The largest absolute Gasteiger partial charge is 0.336 e. The standard InChI is InChI=1S/C15H15ClFN3O/c16-12-4-1-5-13(17)14(12)15(21)19-7-2-3-11(9-19)20-8-6-18-10-20/h1,4-6,8,10-11H,2-3,7,9H2/t11-/m1/s1. The molecule has 0 unspecified atom stereocenters. The number of nitrogens with zero attached hydrogens (tertiary/aromatic N) is 3. The van der Waals surface area contributed by atoms with Gasteiger partial charge in [0.25, 0.3) is 5.91 Å². The molecule has 1 saturated heterocycles. The van der Waals surface area contributed by atoms with Gasteiger partial charge >= 0.3 is 0 Å². The lowest BCUT2D eigenvalue weighted by atomic mass is 10.0. The van der Waals surface area contributed by atoms with E-state index in [-0.39, 0.29) is 22.5 Å². The summed E-state index contributed by atoms with van der Waals surface area (Å²) in [5, 5.41) is 0.157. The number of imidazole rings is 1. The first-order valence-electron chi connectivity index (χ1n) is 6.87. The van der Waals surface area contributed by atoms with Crippen molar-refractivity contribution in [3.8, 4) is 0 Å². The second-order valence-electron chi connectivity index (χ2n) is 5.15. The summed E-state index contributed by atoms with van der Waals surface area (Å²) in [5.41, 5.74) is -0.0366. The van der Waals surface area contributed by atoms with Gasteiger partial charge in [0, 0.05) is 25.5 Å². The van der Waals surface area contributed by atoms with Gasteiger partial charge in [-0.05, 0) is 25.0 Å². The number of piperidine rings is 1. The van der Waals surface area contributed by atoms with E-state index in [1.807, 2.05) is 10.8 Å². The lowest BCUT2D eigenvalue weighted by Gasteiger charge is -2.33. The van der Waals surface area contributed by atoms with Crippen LogP contribution in [0.25, 0.3) is 0 Å². The predicted molar refractivity (Wildman–Crippen MR) is 77.8 cm³/mol. The van der Waals surface area contributed by atoms with Crippen molar-refractivity contribution in [2.75, 3.05) is 13.1 Å². The van der Waals surface area contributed by atoms with Gasteiger partial charge in [0.15, 0.2) is 0 Å². The fourth-order valence-corrected chi connectivity index (χ4v) is 2.97. The molecule has 0 N–H and O–H groups in total. The Kier molecular flexibility index (Phi) is 3.92. The molecule has 0 aliphatic carbocycles. The van der Waals surface area contributed by atoms with Crippen LogP contribution in [0.4, 0.5) is 4.39 Å². The van der Waals surface area contributed by atoms with Gasteiger partial charge < -0.3 is 9.47 Å². The summed E-state index contributed by atoms with van der Waals surface area (Å²) in [6.07, 6.45) is 7.20. The summed E-state index contributed by atoms with van der Waals surface area (Å²) >= 11 is 5.98. The summed E-state index contributed by atoms with van der Waals surface area (Å²) in [4.78, 5) is 18.2. The summed E-state index contributed by atoms with van der Waals surface area (Å²) < 4.78 is 15.9. The maximum absolute atomic E-state index is 13.9. The molecule has 110 valence electrons. The summed E-state index contributed by atoms with van der Waals surface area (Å²) in [7, 11) is 0. The molecule has 2 aromatic rings. The number of carbonyl (C=O) groups excluding carboxylic acids is 1. The van der Waals surface area contributed by atoms with E-state index in [0.717, 1.165) is 12.8 Å². The first kappa shape index (κ1) is 14.1. The Labute approximate surface area is 127 Å². The average Bonchev–Trinajstić information content (AvgIpc) is 3.01. The van der Waals surface area contributed by atoms with Gasteiger partial charge in [0.05, 0.1) is 23.0 Å². The fraction of sp³-hybridized carbons (Fsp3) is 0.333. The number of aromatic nitrogens is 2. The number of rotatable bonds is 2. The highest BCUT2D eigenvalue weighted by Crippen LogP contribution is 2.26. The molecule has 2 heterocycles. The third-order valence-electron chi connectivity index (χ3n) is 3.81. The maximum Gasteiger partial charge on any atom is 0.258 e. The van der Waals surface area contributed by atoms with Crippen molar-refractivity contribution in [2.45, 2.75) is 18.9 Å². The van der Waals surface area contributed by atoms with E-state index in [0.29, 0.717) is 13.1 Å². The highest BCUT2D eigenvalue weighted by molar-refractivity contribution is 6.33. The van der Waals surface area contributed by atoms with E-state index in [1.54, 1.807) is 17.4 Å². The van der Waals surface area contributed by atoms with Crippen molar-refractivity contribution in [2.24, 2.45) is 0 Å². The molecular weight excluding hydrogens is 293 g/mol. The van der Waals surface area contributed by atoms with E-state index in [9.17, 15) is 9.18 Å². The van der Waals surface area contributed by atoms with Crippen molar-refractivity contribution in [3.63, 3.8) is 0 Å². The Hall–Kier alpha value is -1.88. The Bertz CT molecular complexity index is 624. The zero-order chi connectivity index (χ0) is 14.8. The monoisotopic (exact) mass is 307 g/mol. The first-order valence-corrected chi connectivity index (χ1v) is 7.25. The molecule has 1 fully saturated rings. The molecular formula is C15H15ClFN3O. The molecule has 1 aromatic heterocycles. The number of hydrogen-bond donors (Lipinski definition) is 0. The van der Waals surface area contributed by atoms with Crippen molar-refractivity contribution in [3.05, 3.63) is 53.3 Å². The Morgan fingerprint density at radius 3 is 3.00 bits per heavy atom. The van der Waals surface area contributed by atoms with Gasteiger partial charge in [-0.2, -0.15) is 0 Å². The lowest BCUT2D eigenvalue weighted by Crippen LogP contribution is -2.41. The van der Waals surface area contributed by atoms with E-state index < -0.39 is 5.82 Å². The van der Waals surface area contributed by atoms with Crippen molar-refractivity contribution in [1.82, 2.24) is 14.5 Å². The van der Waals surface area contributed by atoms with Crippen LogP contribution in [-0.4, -0.2) is 33.4 Å². The molecule has 0 radical (unpaired) electrons. The maximum atomic E-state index is 13.9. The Balaban J connectivity index is 1.82. The van der Waals surface area contributed by atoms with Crippen molar-refractivity contribution < 1.29 is 9.18 Å². The SMILES string of the molecule is O=C(c1c(F)cccc1Cl)N1CCC[C@@H](n2ccnc2)C1. The highest BCUT2D eigenvalue weighted by Gasteiger charge is 2.28. The van der Waals surface area contributed by atoms with Gasteiger partial charge in [0.1, 0.15) is 5.82 Å². The summed E-state index contributed by atoms with van der Waals surface area (Å²) in [6.45, 7) is 1.16. The molecule has 1 atom stereocenters. The third kappa shape index (κ3) is 2.78. The molecule has 0 saturated carbocycles. The first-order chi connectivity index (χ1) is 10.2. The number of benzene rings is 1. The van der Waals surface area contributed by atoms with Crippen LogP contribution in [0.1, 0.15) is 29.2 Å². The van der Waals surface area contributed by atoms with Crippen LogP contribution in [0.5, 0.6) is 0 Å². The molecule has 0 bridgehead atoms.